The van der Waals surface area contributed by atoms with E-state index < -0.39 is 0 Å². The Kier molecular flexibility index (Phi) is 5.98. The highest BCUT2D eigenvalue weighted by atomic mass is 16.5. The molecule has 0 saturated carbocycles. The van der Waals surface area contributed by atoms with Gasteiger partial charge in [0.25, 0.3) is 5.91 Å². The van der Waals surface area contributed by atoms with E-state index in [1.807, 2.05) is 4.90 Å². The normalized spacial score (nSPS) is 20.7. The molecule has 0 radical (unpaired) electrons. The van der Waals surface area contributed by atoms with Gasteiger partial charge in [0.2, 0.25) is 5.91 Å². The Labute approximate surface area is 153 Å². The number of carbonyl (C=O) groups is 2. The molecule has 142 valence electrons. The van der Waals surface area contributed by atoms with Crippen molar-refractivity contribution in [2.24, 2.45) is 5.92 Å². The Morgan fingerprint density at radius 2 is 1.92 bits per heavy atom. The smallest absolute Gasteiger partial charge is 0.251 e. The lowest BCUT2D eigenvalue weighted by Crippen LogP contribution is -2.45. The molecule has 2 fully saturated rings. The van der Waals surface area contributed by atoms with Crippen LogP contribution in [0.4, 0.5) is 5.69 Å². The molecule has 0 bridgehead atoms. The number of benzene rings is 1. The van der Waals surface area contributed by atoms with Crippen LogP contribution in [-0.2, 0) is 14.3 Å². The van der Waals surface area contributed by atoms with Gasteiger partial charge in [0, 0.05) is 31.7 Å². The van der Waals surface area contributed by atoms with Crippen LogP contribution < -0.4 is 14.8 Å². The fourth-order valence-electron chi connectivity index (χ4n) is 3.48. The van der Waals surface area contributed by atoms with E-state index in [2.05, 4.69) is 5.32 Å². The first-order valence-corrected chi connectivity index (χ1v) is 9.05. The van der Waals surface area contributed by atoms with Crippen molar-refractivity contribution < 1.29 is 23.8 Å². The molecule has 26 heavy (non-hydrogen) atoms. The van der Waals surface area contributed by atoms with Gasteiger partial charge in [-0.1, -0.05) is 0 Å². The van der Waals surface area contributed by atoms with Crippen LogP contribution in [0.3, 0.4) is 0 Å². The standard InChI is InChI=1S/C19H26N2O5/c1-24-14-5-6-16(25-2)15(12-14)20-18(22)13-7-9-21(10-8-13)19(23)17-4-3-11-26-17/h5-6,12-13,17H,3-4,7-11H2,1-2H3,(H,20,22). The molecule has 2 amide bonds. The van der Waals surface area contributed by atoms with E-state index in [9.17, 15) is 9.59 Å². The number of carbonyl (C=O) groups excluding carboxylic acids is 2. The van der Waals surface area contributed by atoms with Gasteiger partial charge in [-0.05, 0) is 37.8 Å². The molecular formula is C19H26N2O5. The van der Waals surface area contributed by atoms with Crippen LogP contribution in [0.1, 0.15) is 25.7 Å². The molecule has 3 rings (SSSR count). The van der Waals surface area contributed by atoms with E-state index in [1.54, 1.807) is 32.4 Å². The van der Waals surface area contributed by atoms with Crippen molar-refractivity contribution in [3.05, 3.63) is 18.2 Å². The van der Waals surface area contributed by atoms with Crippen molar-refractivity contribution in [1.82, 2.24) is 4.90 Å². The number of piperidine rings is 1. The van der Waals surface area contributed by atoms with E-state index in [4.69, 9.17) is 14.2 Å². The third-order valence-corrected chi connectivity index (χ3v) is 5.05. The lowest BCUT2D eigenvalue weighted by atomic mass is 9.95. The highest BCUT2D eigenvalue weighted by Crippen LogP contribution is 2.30. The lowest BCUT2D eigenvalue weighted by molar-refractivity contribution is -0.143. The fraction of sp³-hybridized carbons (Fsp3) is 0.579. The Balaban J connectivity index is 1.56. The summed E-state index contributed by atoms with van der Waals surface area (Å²) in [6.45, 7) is 1.84. The van der Waals surface area contributed by atoms with Gasteiger partial charge in [-0.15, -0.1) is 0 Å². The number of rotatable bonds is 5. The number of ether oxygens (including phenoxy) is 3. The van der Waals surface area contributed by atoms with Crippen molar-refractivity contribution in [2.45, 2.75) is 31.8 Å². The van der Waals surface area contributed by atoms with Crippen molar-refractivity contribution in [1.29, 1.82) is 0 Å². The summed E-state index contributed by atoms with van der Waals surface area (Å²) in [4.78, 5) is 26.8. The molecule has 2 heterocycles. The van der Waals surface area contributed by atoms with Gasteiger partial charge >= 0.3 is 0 Å². The maximum Gasteiger partial charge on any atom is 0.251 e. The van der Waals surface area contributed by atoms with E-state index in [-0.39, 0.29) is 23.8 Å². The molecule has 7 heteroatoms. The number of hydrogen-bond acceptors (Lipinski definition) is 5. The van der Waals surface area contributed by atoms with E-state index in [1.165, 1.54) is 0 Å². The Morgan fingerprint density at radius 1 is 1.15 bits per heavy atom. The van der Waals surface area contributed by atoms with Crippen LogP contribution in [0, 0.1) is 5.92 Å². The van der Waals surface area contributed by atoms with Crippen LogP contribution in [0.5, 0.6) is 11.5 Å². The SMILES string of the molecule is COc1ccc(OC)c(NC(=O)C2CCN(C(=O)C3CCCO3)CC2)c1. The molecule has 2 aliphatic heterocycles. The first-order chi connectivity index (χ1) is 12.6. The van der Waals surface area contributed by atoms with Gasteiger partial charge < -0.3 is 24.4 Å². The molecule has 0 aromatic heterocycles. The minimum absolute atomic E-state index is 0.0548. The zero-order valence-electron chi connectivity index (χ0n) is 15.3. The van der Waals surface area contributed by atoms with E-state index in [0.29, 0.717) is 49.7 Å². The topological polar surface area (TPSA) is 77.1 Å². The predicted octanol–water partition coefficient (Wildman–Crippen LogP) is 2.06. The average Bonchev–Trinajstić information content (AvgIpc) is 3.22. The molecule has 1 atom stereocenters. The summed E-state index contributed by atoms with van der Waals surface area (Å²) in [7, 11) is 3.14. The van der Waals surface area contributed by atoms with Crippen molar-refractivity contribution >= 4 is 17.5 Å². The van der Waals surface area contributed by atoms with E-state index >= 15 is 0 Å². The Hall–Kier alpha value is -2.28. The number of likely N-dealkylation sites (tertiary alicyclic amines) is 1. The van der Waals surface area contributed by atoms with Gasteiger partial charge in [-0.3, -0.25) is 9.59 Å². The molecule has 1 aromatic carbocycles. The summed E-state index contributed by atoms with van der Waals surface area (Å²) in [5.41, 5.74) is 0.592. The minimum atomic E-state index is -0.290. The summed E-state index contributed by atoms with van der Waals surface area (Å²) < 4.78 is 16.0. The second-order valence-electron chi connectivity index (χ2n) is 6.66. The summed E-state index contributed by atoms with van der Waals surface area (Å²) >= 11 is 0. The number of nitrogens with zero attached hydrogens (tertiary/aromatic N) is 1. The Bertz CT molecular complexity index is 649. The van der Waals surface area contributed by atoms with Gasteiger partial charge in [-0.25, -0.2) is 0 Å². The number of methoxy groups -OCH3 is 2. The number of nitrogens with one attached hydrogen (secondary N) is 1. The molecule has 1 aromatic rings. The summed E-state index contributed by atoms with van der Waals surface area (Å²) in [6, 6.07) is 5.29. The Morgan fingerprint density at radius 3 is 2.54 bits per heavy atom. The third kappa shape index (κ3) is 4.09. The van der Waals surface area contributed by atoms with Gasteiger partial charge in [0.05, 0.1) is 19.9 Å². The largest absolute Gasteiger partial charge is 0.497 e. The maximum atomic E-state index is 12.6. The van der Waals surface area contributed by atoms with Crippen molar-refractivity contribution in [3.8, 4) is 11.5 Å². The molecule has 1 N–H and O–H groups in total. The zero-order valence-corrected chi connectivity index (χ0v) is 15.3. The third-order valence-electron chi connectivity index (χ3n) is 5.05. The second-order valence-corrected chi connectivity index (χ2v) is 6.66. The zero-order chi connectivity index (χ0) is 18.5. The fourth-order valence-corrected chi connectivity index (χ4v) is 3.48. The highest BCUT2D eigenvalue weighted by Gasteiger charge is 2.32. The van der Waals surface area contributed by atoms with Crippen LogP contribution in [0.15, 0.2) is 18.2 Å². The number of anilines is 1. The second kappa shape index (κ2) is 8.40. The van der Waals surface area contributed by atoms with Gasteiger partial charge in [-0.2, -0.15) is 0 Å². The van der Waals surface area contributed by atoms with Crippen LogP contribution in [-0.4, -0.2) is 56.7 Å². The molecule has 0 spiro atoms. The first-order valence-electron chi connectivity index (χ1n) is 9.05. The van der Waals surface area contributed by atoms with Crippen LogP contribution >= 0.6 is 0 Å². The first kappa shape index (κ1) is 18.5. The van der Waals surface area contributed by atoms with Crippen LogP contribution in [0.2, 0.25) is 0 Å². The highest BCUT2D eigenvalue weighted by molar-refractivity contribution is 5.94. The molecule has 1 unspecified atom stereocenters. The minimum Gasteiger partial charge on any atom is -0.497 e. The molecule has 7 nitrogen and oxygen atoms in total. The monoisotopic (exact) mass is 362 g/mol. The average molecular weight is 362 g/mol. The van der Waals surface area contributed by atoms with E-state index in [0.717, 1.165) is 12.8 Å². The maximum absolute atomic E-state index is 12.6. The number of hydrogen-bond donors (Lipinski definition) is 1. The lowest BCUT2D eigenvalue weighted by Gasteiger charge is -2.32. The van der Waals surface area contributed by atoms with Crippen molar-refractivity contribution in [2.75, 3.05) is 39.2 Å². The summed E-state index contributed by atoms with van der Waals surface area (Å²) in [6.07, 6.45) is 2.75. The quantitative estimate of drug-likeness (QED) is 0.868. The van der Waals surface area contributed by atoms with Crippen LogP contribution in [0.25, 0.3) is 0 Å². The van der Waals surface area contributed by atoms with Gasteiger partial charge in [0.15, 0.2) is 0 Å². The summed E-state index contributed by atoms with van der Waals surface area (Å²) in [5.74, 6) is 1.12. The molecular weight excluding hydrogens is 336 g/mol. The number of amides is 2. The molecule has 0 aliphatic carbocycles. The molecule has 2 saturated heterocycles. The molecule has 2 aliphatic rings. The predicted molar refractivity (Wildman–Crippen MR) is 96.5 cm³/mol. The summed E-state index contributed by atoms with van der Waals surface area (Å²) in [5, 5.41) is 2.93. The van der Waals surface area contributed by atoms with Gasteiger partial charge in [0.1, 0.15) is 17.6 Å². The van der Waals surface area contributed by atoms with Crippen molar-refractivity contribution in [3.63, 3.8) is 0 Å².